The van der Waals surface area contributed by atoms with Crippen molar-refractivity contribution in [2.75, 3.05) is 23.5 Å². The summed E-state index contributed by atoms with van der Waals surface area (Å²) in [6.07, 6.45) is 0. The summed E-state index contributed by atoms with van der Waals surface area (Å²) in [7, 11) is 3.13. The molecule has 1 N–H and O–H groups in total. The van der Waals surface area contributed by atoms with Crippen molar-refractivity contribution < 1.29 is 9.47 Å². The van der Waals surface area contributed by atoms with Gasteiger partial charge < -0.3 is 9.47 Å². The first-order valence-corrected chi connectivity index (χ1v) is 6.56. The number of benzene rings is 2. The molecule has 0 amide bonds. The van der Waals surface area contributed by atoms with Crippen LogP contribution >= 0.6 is 23.6 Å². The molecule has 0 atom stereocenters. The fourth-order valence-corrected chi connectivity index (χ4v) is 2.20. The normalized spacial score (nSPS) is 10.0. The summed E-state index contributed by atoms with van der Waals surface area (Å²) < 4.78 is 12.1. The lowest BCUT2D eigenvalue weighted by Crippen LogP contribution is -2.05. The number of anilines is 3. The highest BCUT2D eigenvalue weighted by molar-refractivity contribution is 6.30. The molecule has 106 valence electrons. The minimum Gasteiger partial charge on any atom is -0.494 e. The minimum atomic E-state index is 0.567. The lowest BCUT2D eigenvalue weighted by atomic mass is 10.2. The van der Waals surface area contributed by atoms with Crippen LogP contribution in [0.25, 0.3) is 0 Å². The number of nitrogens with one attached hydrogen (secondary N) is 1. The van der Waals surface area contributed by atoms with Crippen molar-refractivity contribution in [2.24, 2.45) is 0 Å². The Labute approximate surface area is 128 Å². The molecule has 0 saturated heterocycles. The van der Waals surface area contributed by atoms with E-state index in [0.717, 1.165) is 5.69 Å². The largest absolute Gasteiger partial charge is 0.494 e. The zero-order chi connectivity index (χ0) is 14.5. The standard InChI is InChI=1S/C14H14Cl2N2O2/c1-19-13-9-12(14(20-2)8-11(13)17-15)18(16)10-6-4-3-5-7-10/h3-9,17H,1-2H3. The number of hydrogen-bond acceptors (Lipinski definition) is 4. The molecule has 4 nitrogen and oxygen atoms in total. The topological polar surface area (TPSA) is 33.7 Å². The van der Waals surface area contributed by atoms with E-state index in [-0.39, 0.29) is 0 Å². The van der Waals surface area contributed by atoms with E-state index >= 15 is 0 Å². The number of ether oxygens (including phenoxy) is 2. The average molecular weight is 313 g/mol. The summed E-state index contributed by atoms with van der Waals surface area (Å²) in [5.74, 6) is 1.14. The van der Waals surface area contributed by atoms with Crippen LogP contribution in [0.2, 0.25) is 0 Å². The first-order valence-electron chi connectivity index (χ1n) is 5.85. The molecule has 0 radical (unpaired) electrons. The Morgan fingerprint density at radius 1 is 1.00 bits per heavy atom. The molecule has 2 rings (SSSR count). The van der Waals surface area contributed by atoms with Crippen molar-refractivity contribution in [1.82, 2.24) is 0 Å². The first-order chi connectivity index (χ1) is 9.71. The van der Waals surface area contributed by atoms with Crippen LogP contribution < -0.4 is 18.7 Å². The number of rotatable bonds is 5. The monoisotopic (exact) mass is 312 g/mol. The predicted octanol–water partition coefficient (Wildman–Crippen LogP) is 4.56. The fraction of sp³-hybridized carbons (Fsp3) is 0.143. The molecule has 2 aromatic carbocycles. The number of hydrogen-bond donors (Lipinski definition) is 1. The molecular weight excluding hydrogens is 299 g/mol. The molecule has 0 saturated carbocycles. The van der Waals surface area contributed by atoms with Gasteiger partial charge in [0.15, 0.2) is 0 Å². The van der Waals surface area contributed by atoms with E-state index in [0.29, 0.717) is 22.9 Å². The van der Waals surface area contributed by atoms with Crippen molar-refractivity contribution in [2.45, 2.75) is 0 Å². The molecule has 0 aliphatic heterocycles. The van der Waals surface area contributed by atoms with Gasteiger partial charge in [0.25, 0.3) is 0 Å². The summed E-state index contributed by atoms with van der Waals surface area (Å²) in [5, 5.41) is 0. The van der Waals surface area contributed by atoms with E-state index in [1.165, 1.54) is 4.42 Å². The number of halogens is 2. The van der Waals surface area contributed by atoms with Gasteiger partial charge in [-0.05, 0) is 12.1 Å². The van der Waals surface area contributed by atoms with Crippen LogP contribution in [0.15, 0.2) is 42.5 Å². The van der Waals surface area contributed by atoms with E-state index in [9.17, 15) is 0 Å². The maximum atomic E-state index is 6.38. The smallest absolute Gasteiger partial charge is 0.146 e. The van der Waals surface area contributed by atoms with Gasteiger partial charge in [-0.25, -0.2) is 4.42 Å². The highest BCUT2D eigenvalue weighted by Gasteiger charge is 2.16. The molecule has 6 heteroatoms. The summed E-state index contributed by atoms with van der Waals surface area (Å²) in [6, 6.07) is 13.0. The van der Waals surface area contributed by atoms with Crippen molar-refractivity contribution in [3.05, 3.63) is 42.5 Å². The Hall–Kier alpha value is -1.78. The van der Waals surface area contributed by atoms with Crippen molar-refractivity contribution in [1.29, 1.82) is 0 Å². The van der Waals surface area contributed by atoms with Crippen LogP contribution in [0.5, 0.6) is 11.5 Å². The second-order valence-corrected chi connectivity index (χ2v) is 4.46. The zero-order valence-electron chi connectivity index (χ0n) is 11.1. The molecule has 0 unspecified atom stereocenters. The molecule has 0 spiro atoms. The van der Waals surface area contributed by atoms with Crippen LogP contribution in [0.3, 0.4) is 0 Å². The van der Waals surface area contributed by atoms with Gasteiger partial charge in [0.05, 0.1) is 25.6 Å². The van der Waals surface area contributed by atoms with E-state index in [1.807, 2.05) is 30.3 Å². The van der Waals surface area contributed by atoms with E-state index in [1.54, 1.807) is 26.4 Å². The maximum absolute atomic E-state index is 6.38. The summed E-state index contributed by atoms with van der Waals surface area (Å²) >= 11 is 12.0. The molecule has 0 heterocycles. The Balaban J connectivity index is 2.49. The third-order valence-electron chi connectivity index (χ3n) is 2.80. The van der Waals surface area contributed by atoms with Crippen LogP contribution in [0.4, 0.5) is 17.1 Å². The van der Waals surface area contributed by atoms with Crippen LogP contribution in [-0.2, 0) is 0 Å². The van der Waals surface area contributed by atoms with Gasteiger partial charge in [0.2, 0.25) is 0 Å². The molecule has 0 aliphatic rings. The first kappa shape index (κ1) is 14.6. The third-order valence-corrected chi connectivity index (χ3v) is 3.38. The van der Waals surface area contributed by atoms with Crippen LogP contribution in [-0.4, -0.2) is 14.2 Å². The van der Waals surface area contributed by atoms with Crippen molar-refractivity contribution >= 4 is 40.6 Å². The Bertz CT molecular complexity index is 579. The van der Waals surface area contributed by atoms with Gasteiger partial charge in [0.1, 0.15) is 17.2 Å². The Kier molecular flexibility index (Phi) is 4.82. The second kappa shape index (κ2) is 6.59. The van der Waals surface area contributed by atoms with Gasteiger partial charge >= 0.3 is 0 Å². The molecule has 0 aliphatic carbocycles. The number of nitrogens with zero attached hydrogens (tertiary/aromatic N) is 1. The molecule has 0 aromatic heterocycles. The quantitative estimate of drug-likeness (QED) is 0.820. The van der Waals surface area contributed by atoms with Gasteiger partial charge in [-0.3, -0.25) is 4.84 Å². The number of methoxy groups -OCH3 is 2. The van der Waals surface area contributed by atoms with Gasteiger partial charge in [0, 0.05) is 35.7 Å². The number of para-hydroxylation sites is 1. The molecular formula is C14H14Cl2N2O2. The molecule has 2 aromatic rings. The van der Waals surface area contributed by atoms with E-state index in [2.05, 4.69) is 4.84 Å². The van der Waals surface area contributed by atoms with Crippen molar-refractivity contribution in [3.63, 3.8) is 0 Å². The predicted molar refractivity (Wildman–Crippen MR) is 83.5 cm³/mol. The van der Waals surface area contributed by atoms with Crippen LogP contribution in [0, 0.1) is 0 Å². The highest BCUT2D eigenvalue weighted by atomic mass is 35.5. The van der Waals surface area contributed by atoms with Crippen molar-refractivity contribution in [3.8, 4) is 11.5 Å². The molecule has 0 fully saturated rings. The summed E-state index contributed by atoms with van der Waals surface area (Å²) in [5.41, 5.74) is 2.09. The van der Waals surface area contributed by atoms with Gasteiger partial charge in [-0.2, -0.15) is 0 Å². The zero-order valence-corrected chi connectivity index (χ0v) is 12.6. The lowest BCUT2D eigenvalue weighted by molar-refractivity contribution is 0.406. The Morgan fingerprint density at radius 3 is 2.20 bits per heavy atom. The fourth-order valence-electron chi connectivity index (χ4n) is 1.81. The van der Waals surface area contributed by atoms with Gasteiger partial charge in [-0.1, -0.05) is 18.2 Å². The highest BCUT2D eigenvalue weighted by Crippen LogP contribution is 2.42. The Morgan fingerprint density at radius 2 is 1.65 bits per heavy atom. The molecule has 0 bridgehead atoms. The maximum Gasteiger partial charge on any atom is 0.146 e. The summed E-state index contributed by atoms with van der Waals surface area (Å²) in [6.45, 7) is 0. The van der Waals surface area contributed by atoms with Crippen LogP contribution in [0.1, 0.15) is 0 Å². The summed E-state index contributed by atoms with van der Waals surface area (Å²) in [4.78, 5) is 2.53. The average Bonchev–Trinajstić information content (AvgIpc) is 2.53. The lowest BCUT2D eigenvalue weighted by Gasteiger charge is -2.20. The molecule has 20 heavy (non-hydrogen) atoms. The minimum absolute atomic E-state index is 0.567. The SMILES string of the molecule is COc1cc(N(Cl)c2ccccc2)c(OC)cc1NCl. The van der Waals surface area contributed by atoms with E-state index in [4.69, 9.17) is 33.0 Å². The van der Waals surface area contributed by atoms with E-state index < -0.39 is 0 Å². The third kappa shape index (κ3) is 2.86. The second-order valence-electron chi connectivity index (χ2n) is 3.94. The van der Waals surface area contributed by atoms with Gasteiger partial charge in [-0.15, -0.1) is 0 Å².